The molecule has 7 nitrogen and oxygen atoms in total. The molecule has 0 aromatic carbocycles. The molecule has 1 aromatic heterocycles. The zero-order valence-electron chi connectivity index (χ0n) is 13.5. The molecule has 1 aromatic rings. The van der Waals surface area contributed by atoms with Gasteiger partial charge in [0.05, 0.1) is 19.3 Å². The number of aryl methyl sites for hydroxylation is 1. The largest absolute Gasteiger partial charge is 0.374 e. The number of nitrogens with zero attached hydrogens (tertiary/aromatic N) is 4. The van der Waals surface area contributed by atoms with E-state index in [1.54, 1.807) is 6.92 Å². The second kappa shape index (κ2) is 6.34. The summed E-state index contributed by atoms with van der Waals surface area (Å²) in [5, 5.41) is 3.85. The molecule has 2 heterocycles. The van der Waals surface area contributed by atoms with Crippen molar-refractivity contribution in [2.75, 3.05) is 26.2 Å². The number of morpholine rings is 1. The standard InChI is InChI=1S/C15H24N4O3/c1-4-18(12-5-6-12)9-13(20)19-7-8-21-10(2)14(19)15-16-11(3)17-22-15/h10,12,14H,4-9H2,1-3H3/t10-,14+/m1/s1. The van der Waals surface area contributed by atoms with Crippen LogP contribution in [0.25, 0.3) is 0 Å². The van der Waals surface area contributed by atoms with E-state index in [2.05, 4.69) is 22.0 Å². The number of carbonyl (C=O) groups excluding carboxylic acids is 1. The molecule has 0 N–H and O–H groups in total. The molecule has 0 spiro atoms. The quantitative estimate of drug-likeness (QED) is 0.812. The zero-order valence-corrected chi connectivity index (χ0v) is 13.5. The van der Waals surface area contributed by atoms with E-state index in [0.717, 1.165) is 6.54 Å². The lowest BCUT2D eigenvalue weighted by Crippen LogP contribution is -2.50. The molecular weight excluding hydrogens is 284 g/mol. The third-order valence-electron chi connectivity index (χ3n) is 4.42. The van der Waals surface area contributed by atoms with Crippen LogP contribution in [0.5, 0.6) is 0 Å². The van der Waals surface area contributed by atoms with Gasteiger partial charge in [-0.05, 0) is 33.2 Å². The smallest absolute Gasteiger partial charge is 0.252 e. The summed E-state index contributed by atoms with van der Waals surface area (Å²) in [6, 6.07) is 0.289. The molecule has 7 heteroatoms. The van der Waals surface area contributed by atoms with Crippen LogP contribution in [0.15, 0.2) is 4.52 Å². The van der Waals surface area contributed by atoms with Gasteiger partial charge in [-0.2, -0.15) is 4.98 Å². The first-order chi connectivity index (χ1) is 10.6. The Kier molecular flexibility index (Phi) is 4.44. The van der Waals surface area contributed by atoms with Crippen LogP contribution in [-0.4, -0.2) is 64.2 Å². The minimum atomic E-state index is -0.291. The van der Waals surface area contributed by atoms with Gasteiger partial charge in [0.2, 0.25) is 5.91 Å². The first kappa shape index (κ1) is 15.4. The predicted molar refractivity (Wildman–Crippen MR) is 79.2 cm³/mol. The Balaban J connectivity index is 1.75. The molecule has 1 saturated heterocycles. The predicted octanol–water partition coefficient (Wildman–Crippen LogP) is 1.15. The Morgan fingerprint density at radius 1 is 1.45 bits per heavy atom. The summed E-state index contributed by atoms with van der Waals surface area (Å²) >= 11 is 0. The molecule has 3 rings (SSSR count). The van der Waals surface area contributed by atoms with Crippen molar-refractivity contribution in [2.24, 2.45) is 0 Å². The van der Waals surface area contributed by atoms with Gasteiger partial charge in [0, 0.05) is 12.6 Å². The molecule has 1 saturated carbocycles. The summed E-state index contributed by atoms with van der Waals surface area (Å²) in [6.45, 7) is 8.30. The Morgan fingerprint density at radius 2 is 2.23 bits per heavy atom. The maximum atomic E-state index is 12.8. The lowest BCUT2D eigenvalue weighted by molar-refractivity contribution is -0.148. The zero-order chi connectivity index (χ0) is 15.7. The summed E-state index contributed by atoms with van der Waals surface area (Å²) in [4.78, 5) is 21.2. The highest BCUT2D eigenvalue weighted by Crippen LogP contribution is 2.30. The first-order valence-electron chi connectivity index (χ1n) is 8.05. The van der Waals surface area contributed by atoms with Crippen molar-refractivity contribution in [3.05, 3.63) is 11.7 Å². The van der Waals surface area contributed by atoms with Crippen molar-refractivity contribution in [3.8, 4) is 0 Å². The van der Waals surface area contributed by atoms with E-state index in [1.165, 1.54) is 12.8 Å². The summed E-state index contributed by atoms with van der Waals surface area (Å²) < 4.78 is 11.0. The topological polar surface area (TPSA) is 71.7 Å². The van der Waals surface area contributed by atoms with Gasteiger partial charge in [0.1, 0.15) is 6.04 Å². The molecule has 2 atom stereocenters. The monoisotopic (exact) mass is 308 g/mol. The van der Waals surface area contributed by atoms with Crippen LogP contribution in [0, 0.1) is 6.92 Å². The highest BCUT2D eigenvalue weighted by atomic mass is 16.5. The molecule has 1 aliphatic heterocycles. The van der Waals surface area contributed by atoms with Crippen LogP contribution in [0.4, 0.5) is 0 Å². The number of hydrogen-bond donors (Lipinski definition) is 0. The minimum Gasteiger partial charge on any atom is -0.374 e. The van der Waals surface area contributed by atoms with Gasteiger partial charge in [-0.15, -0.1) is 0 Å². The van der Waals surface area contributed by atoms with Gasteiger partial charge in [-0.1, -0.05) is 12.1 Å². The molecule has 22 heavy (non-hydrogen) atoms. The number of likely N-dealkylation sites (N-methyl/N-ethyl adjacent to an activating group) is 1. The minimum absolute atomic E-state index is 0.116. The van der Waals surface area contributed by atoms with Crippen molar-refractivity contribution < 1.29 is 14.1 Å². The van der Waals surface area contributed by atoms with Crippen molar-refractivity contribution >= 4 is 5.91 Å². The number of rotatable bonds is 5. The van der Waals surface area contributed by atoms with Crippen LogP contribution in [-0.2, 0) is 9.53 Å². The average Bonchev–Trinajstić information content (AvgIpc) is 3.26. The van der Waals surface area contributed by atoms with E-state index in [4.69, 9.17) is 9.26 Å². The van der Waals surface area contributed by atoms with Gasteiger partial charge >= 0.3 is 0 Å². The highest BCUT2D eigenvalue weighted by Gasteiger charge is 2.39. The van der Waals surface area contributed by atoms with Gasteiger partial charge < -0.3 is 14.2 Å². The Morgan fingerprint density at radius 3 is 2.82 bits per heavy atom. The van der Waals surface area contributed by atoms with E-state index in [9.17, 15) is 4.79 Å². The highest BCUT2D eigenvalue weighted by molar-refractivity contribution is 5.79. The molecule has 2 aliphatic rings. The van der Waals surface area contributed by atoms with Crippen molar-refractivity contribution in [1.82, 2.24) is 19.9 Å². The van der Waals surface area contributed by atoms with Crippen LogP contribution < -0.4 is 0 Å². The van der Waals surface area contributed by atoms with Gasteiger partial charge in [0.25, 0.3) is 5.89 Å². The molecule has 122 valence electrons. The summed E-state index contributed by atoms with van der Waals surface area (Å²) in [6.07, 6.45) is 2.26. The fraction of sp³-hybridized carbons (Fsp3) is 0.800. The molecule has 0 bridgehead atoms. The number of amides is 1. The second-order valence-corrected chi connectivity index (χ2v) is 6.08. The van der Waals surface area contributed by atoms with Crippen LogP contribution >= 0.6 is 0 Å². The molecule has 0 radical (unpaired) electrons. The van der Waals surface area contributed by atoms with Gasteiger partial charge in [-0.3, -0.25) is 9.69 Å². The van der Waals surface area contributed by atoms with E-state index in [0.29, 0.717) is 37.5 Å². The maximum absolute atomic E-state index is 12.8. The molecule has 1 aliphatic carbocycles. The van der Waals surface area contributed by atoms with E-state index >= 15 is 0 Å². The number of ether oxygens (including phenoxy) is 1. The average molecular weight is 308 g/mol. The molecule has 0 unspecified atom stereocenters. The Labute approximate surface area is 130 Å². The lowest BCUT2D eigenvalue weighted by atomic mass is 10.1. The molecule has 1 amide bonds. The number of hydrogen-bond acceptors (Lipinski definition) is 6. The SMILES string of the molecule is CCN(CC(=O)N1CCO[C@H](C)[C@H]1c1nc(C)no1)C1CC1. The Bertz CT molecular complexity index is 529. The summed E-state index contributed by atoms with van der Waals surface area (Å²) in [7, 11) is 0. The van der Waals surface area contributed by atoms with Crippen molar-refractivity contribution in [2.45, 2.75) is 51.8 Å². The van der Waals surface area contributed by atoms with Crippen LogP contribution in [0.2, 0.25) is 0 Å². The summed E-state index contributed by atoms with van der Waals surface area (Å²) in [5.74, 6) is 1.16. The summed E-state index contributed by atoms with van der Waals surface area (Å²) in [5.41, 5.74) is 0. The van der Waals surface area contributed by atoms with Crippen molar-refractivity contribution in [1.29, 1.82) is 0 Å². The third-order valence-corrected chi connectivity index (χ3v) is 4.42. The molecule has 2 fully saturated rings. The van der Waals surface area contributed by atoms with E-state index in [1.807, 2.05) is 11.8 Å². The maximum Gasteiger partial charge on any atom is 0.252 e. The Hall–Kier alpha value is -1.47. The lowest BCUT2D eigenvalue weighted by Gasteiger charge is -2.38. The second-order valence-electron chi connectivity index (χ2n) is 6.08. The van der Waals surface area contributed by atoms with E-state index < -0.39 is 0 Å². The van der Waals surface area contributed by atoms with Crippen LogP contribution in [0.3, 0.4) is 0 Å². The van der Waals surface area contributed by atoms with Crippen molar-refractivity contribution in [3.63, 3.8) is 0 Å². The molecular formula is C15H24N4O3. The number of carbonyl (C=O) groups is 1. The normalized spacial score (nSPS) is 25.7. The number of aromatic nitrogens is 2. The third kappa shape index (κ3) is 3.15. The fourth-order valence-electron chi connectivity index (χ4n) is 3.07. The van der Waals surface area contributed by atoms with Crippen LogP contribution in [0.1, 0.15) is 44.4 Å². The van der Waals surface area contributed by atoms with Gasteiger partial charge in [-0.25, -0.2) is 0 Å². The van der Waals surface area contributed by atoms with Gasteiger partial charge in [0.15, 0.2) is 5.82 Å². The fourth-order valence-corrected chi connectivity index (χ4v) is 3.07. The first-order valence-corrected chi connectivity index (χ1v) is 8.05. The van der Waals surface area contributed by atoms with E-state index in [-0.39, 0.29) is 18.1 Å².